The number of aryl methyl sites for hydroxylation is 2. The third kappa shape index (κ3) is 8.33. The van der Waals surface area contributed by atoms with Crippen LogP contribution in [0.2, 0.25) is 5.02 Å². The third-order valence-electron chi connectivity index (χ3n) is 6.08. The van der Waals surface area contributed by atoms with Gasteiger partial charge in [-0.2, -0.15) is 0 Å². The minimum Gasteiger partial charge on any atom is -0.465 e. The van der Waals surface area contributed by atoms with Gasteiger partial charge in [0.15, 0.2) is 0 Å². The van der Waals surface area contributed by atoms with E-state index in [9.17, 15) is 14.7 Å². The number of carbonyl (C=O) groups excluding carboxylic acids is 2. The number of hydrogen-bond donors (Lipinski definition) is 1. The summed E-state index contributed by atoms with van der Waals surface area (Å²) in [5.74, 6) is -0.351. The lowest BCUT2D eigenvalue weighted by atomic mass is 9.97. The van der Waals surface area contributed by atoms with Gasteiger partial charge in [0.2, 0.25) is 0 Å². The van der Waals surface area contributed by atoms with Gasteiger partial charge in [-0.1, -0.05) is 54.1 Å². The molecule has 0 radical (unpaired) electrons. The normalized spacial score (nSPS) is 12.1. The van der Waals surface area contributed by atoms with E-state index >= 15 is 0 Å². The summed E-state index contributed by atoms with van der Waals surface area (Å²) in [4.78, 5) is 26.2. The number of ether oxygens (including phenoxy) is 2. The van der Waals surface area contributed by atoms with Crippen molar-refractivity contribution < 1.29 is 24.2 Å². The highest BCUT2D eigenvalue weighted by atomic mass is 35.5. The number of amides is 1. The monoisotopic (exact) mass is 537 g/mol. The average Bonchev–Trinajstić information content (AvgIpc) is 2.87. The maximum absolute atomic E-state index is 12.9. The summed E-state index contributed by atoms with van der Waals surface area (Å²) in [7, 11) is 1.37. The Bertz CT molecular complexity index is 1250. The summed E-state index contributed by atoms with van der Waals surface area (Å²) < 4.78 is 10.4. The van der Waals surface area contributed by atoms with Gasteiger partial charge in [-0.3, -0.25) is 0 Å². The number of rotatable bonds is 9. The number of aliphatic hydroxyl groups excluding tert-OH is 1. The maximum Gasteiger partial charge on any atom is 0.410 e. The molecule has 3 aromatic carbocycles. The number of halogens is 1. The molecule has 0 unspecified atom stereocenters. The first-order valence-electron chi connectivity index (χ1n) is 12.7. The van der Waals surface area contributed by atoms with E-state index < -0.39 is 17.8 Å². The number of carbonyl (C=O) groups is 2. The van der Waals surface area contributed by atoms with Crippen LogP contribution in [0.15, 0.2) is 66.7 Å². The first-order valence-corrected chi connectivity index (χ1v) is 13.0. The van der Waals surface area contributed by atoms with Crippen molar-refractivity contribution in [3.8, 4) is 11.1 Å². The Morgan fingerprint density at radius 2 is 1.74 bits per heavy atom. The Hall–Kier alpha value is -3.35. The van der Waals surface area contributed by atoms with Crippen molar-refractivity contribution in [3.05, 3.63) is 94.0 Å². The van der Waals surface area contributed by atoms with E-state index in [0.29, 0.717) is 29.1 Å². The Morgan fingerprint density at radius 3 is 2.34 bits per heavy atom. The molecule has 0 bridgehead atoms. The van der Waals surface area contributed by atoms with E-state index in [-0.39, 0.29) is 12.5 Å². The summed E-state index contributed by atoms with van der Waals surface area (Å²) in [5.41, 5.74) is 4.78. The zero-order chi connectivity index (χ0) is 27.9. The van der Waals surface area contributed by atoms with Crippen molar-refractivity contribution in [2.75, 3.05) is 20.2 Å². The van der Waals surface area contributed by atoms with E-state index in [2.05, 4.69) is 24.3 Å². The molecular formula is C31H36ClNO5. The van der Waals surface area contributed by atoms with Gasteiger partial charge in [0.05, 0.1) is 25.3 Å². The van der Waals surface area contributed by atoms with Crippen LogP contribution in [-0.4, -0.2) is 47.9 Å². The number of esters is 1. The highest BCUT2D eigenvalue weighted by Gasteiger charge is 2.24. The number of nitrogens with zero attached hydrogens (tertiary/aromatic N) is 1. The Kier molecular flexibility index (Phi) is 9.95. The van der Waals surface area contributed by atoms with Gasteiger partial charge in [-0.15, -0.1) is 0 Å². The van der Waals surface area contributed by atoms with Gasteiger partial charge in [0.1, 0.15) is 5.60 Å². The molecule has 7 heteroatoms. The summed E-state index contributed by atoms with van der Waals surface area (Å²) in [6, 6.07) is 20.8. The van der Waals surface area contributed by atoms with Crippen LogP contribution in [0.25, 0.3) is 11.1 Å². The quantitative estimate of drug-likeness (QED) is 0.297. The van der Waals surface area contributed by atoms with E-state index in [1.54, 1.807) is 35.2 Å². The van der Waals surface area contributed by atoms with Gasteiger partial charge in [-0.25, -0.2) is 9.59 Å². The van der Waals surface area contributed by atoms with Crippen LogP contribution in [-0.2, 0) is 15.9 Å². The molecule has 0 saturated heterocycles. The highest BCUT2D eigenvalue weighted by Crippen LogP contribution is 2.26. The van der Waals surface area contributed by atoms with E-state index in [0.717, 1.165) is 28.7 Å². The van der Waals surface area contributed by atoms with Crippen LogP contribution in [0, 0.1) is 6.92 Å². The molecule has 202 valence electrons. The summed E-state index contributed by atoms with van der Waals surface area (Å²) in [5, 5.41) is 11.3. The minimum atomic E-state index is -0.880. The Balaban J connectivity index is 1.65. The highest BCUT2D eigenvalue weighted by molar-refractivity contribution is 6.30. The fourth-order valence-electron chi connectivity index (χ4n) is 4.17. The van der Waals surface area contributed by atoms with Gasteiger partial charge in [0.25, 0.3) is 0 Å². The molecule has 0 aliphatic heterocycles. The molecule has 0 fully saturated rings. The molecule has 38 heavy (non-hydrogen) atoms. The average molecular weight is 538 g/mol. The molecule has 0 aromatic heterocycles. The van der Waals surface area contributed by atoms with Crippen molar-refractivity contribution in [1.29, 1.82) is 0 Å². The lowest BCUT2D eigenvalue weighted by Gasteiger charge is -2.29. The Morgan fingerprint density at radius 1 is 1.03 bits per heavy atom. The predicted octanol–water partition coefficient (Wildman–Crippen LogP) is 7.01. The first-order chi connectivity index (χ1) is 18.0. The fraction of sp³-hybridized carbons (Fsp3) is 0.355. The second-order valence-corrected chi connectivity index (χ2v) is 10.8. The molecule has 3 aromatic rings. The van der Waals surface area contributed by atoms with Crippen molar-refractivity contribution in [2.24, 2.45) is 0 Å². The zero-order valence-electron chi connectivity index (χ0n) is 22.7. The van der Waals surface area contributed by atoms with Crippen LogP contribution in [0.3, 0.4) is 0 Å². The Labute approximate surface area is 230 Å². The second kappa shape index (κ2) is 12.9. The molecule has 0 aliphatic carbocycles. The van der Waals surface area contributed by atoms with Crippen LogP contribution >= 0.6 is 11.6 Å². The van der Waals surface area contributed by atoms with Crippen LogP contribution in [0.5, 0.6) is 0 Å². The first kappa shape index (κ1) is 29.2. The molecule has 1 amide bonds. The molecule has 0 heterocycles. The van der Waals surface area contributed by atoms with Crippen molar-refractivity contribution >= 4 is 23.7 Å². The zero-order valence-corrected chi connectivity index (χ0v) is 23.4. The van der Waals surface area contributed by atoms with E-state index in [1.165, 1.54) is 7.11 Å². The van der Waals surface area contributed by atoms with Crippen molar-refractivity contribution in [2.45, 2.75) is 52.2 Å². The molecule has 1 atom stereocenters. The van der Waals surface area contributed by atoms with Crippen molar-refractivity contribution in [3.63, 3.8) is 0 Å². The van der Waals surface area contributed by atoms with E-state index in [1.807, 2.05) is 39.8 Å². The van der Waals surface area contributed by atoms with Crippen molar-refractivity contribution in [1.82, 2.24) is 4.90 Å². The molecule has 1 N–H and O–H groups in total. The minimum absolute atomic E-state index is 0.106. The third-order valence-corrected chi connectivity index (χ3v) is 6.32. The summed E-state index contributed by atoms with van der Waals surface area (Å²) >= 11 is 6.08. The largest absolute Gasteiger partial charge is 0.465 e. The number of methoxy groups -OCH3 is 1. The van der Waals surface area contributed by atoms with Crippen LogP contribution < -0.4 is 0 Å². The number of aliphatic hydroxyl groups is 1. The SMILES string of the molecule is COC(=O)c1ccc(-c2ccc(CCCN(C[C@H](O)c3cccc(Cl)c3)C(=O)OC(C)(C)C)cc2)c(C)c1. The van der Waals surface area contributed by atoms with Gasteiger partial charge in [0, 0.05) is 11.6 Å². The predicted molar refractivity (Wildman–Crippen MR) is 150 cm³/mol. The lowest BCUT2D eigenvalue weighted by molar-refractivity contribution is 0.0142. The van der Waals surface area contributed by atoms with Gasteiger partial charge in [-0.05, 0) is 92.6 Å². The molecule has 0 spiro atoms. The lowest BCUT2D eigenvalue weighted by Crippen LogP contribution is -2.40. The van der Waals surface area contributed by atoms with Crippen LogP contribution in [0.1, 0.15) is 60.3 Å². The second-order valence-electron chi connectivity index (χ2n) is 10.3. The molecule has 0 aliphatic rings. The summed E-state index contributed by atoms with van der Waals surface area (Å²) in [6.07, 6.45) is 0.120. The number of hydrogen-bond acceptors (Lipinski definition) is 5. The van der Waals surface area contributed by atoms with Gasteiger partial charge >= 0.3 is 12.1 Å². The maximum atomic E-state index is 12.9. The standard InChI is InChI=1S/C31H36ClNO5/c1-21-18-25(29(35)37-5)15-16-27(21)23-13-11-22(12-14-23)8-7-17-33(30(36)38-31(2,3)4)20-28(34)24-9-6-10-26(32)19-24/h6,9-16,18-19,28,34H,7-8,17,20H2,1-5H3/t28-/m0/s1. The number of benzene rings is 3. The van der Waals surface area contributed by atoms with Gasteiger partial charge < -0.3 is 19.5 Å². The topological polar surface area (TPSA) is 76.1 Å². The molecular weight excluding hydrogens is 502 g/mol. The van der Waals surface area contributed by atoms with Crippen LogP contribution in [0.4, 0.5) is 4.79 Å². The molecule has 3 rings (SSSR count). The summed E-state index contributed by atoms with van der Waals surface area (Å²) in [6.45, 7) is 7.98. The smallest absolute Gasteiger partial charge is 0.410 e. The van der Waals surface area contributed by atoms with E-state index in [4.69, 9.17) is 21.1 Å². The fourth-order valence-corrected chi connectivity index (χ4v) is 4.37. The molecule has 6 nitrogen and oxygen atoms in total. The molecule has 0 saturated carbocycles.